The number of carbonyl (C=O) groups excluding carboxylic acids is 2. The van der Waals surface area contributed by atoms with Crippen LogP contribution in [0, 0.1) is 5.41 Å². The Labute approximate surface area is 93.0 Å². The van der Waals surface area contributed by atoms with Crippen molar-refractivity contribution in [1.82, 2.24) is 0 Å². The van der Waals surface area contributed by atoms with E-state index < -0.39 is 17.7 Å². The van der Waals surface area contributed by atoms with Crippen molar-refractivity contribution in [3.05, 3.63) is 0 Å². The Kier molecular flexibility index (Phi) is 2.01. The van der Waals surface area contributed by atoms with Crippen LogP contribution in [0.15, 0.2) is 0 Å². The number of ether oxygens (including phenoxy) is 3. The molecule has 5 nitrogen and oxygen atoms in total. The molecule has 88 valence electrons. The Morgan fingerprint density at radius 1 is 0.938 bits per heavy atom. The quantitative estimate of drug-likeness (QED) is 0.451. The van der Waals surface area contributed by atoms with Crippen LogP contribution < -0.4 is 0 Å². The summed E-state index contributed by atoms with van der Waals surface area (Å²) in [4.78, 5) is 22.4. The van der Waals surface area contributed by atoms with Crippen molar-refractivity contribution in [2.24, 2.45) is 5.41 Å². The Balaban J connectivity index is 1.69. The van der Waals surface area contributed by atoms with E-state index in [9.17, 15) is 9.59 Å². The molecular formula is C11H14O5. The molecule has 0 radical (unpaired) electrons. The third-order valence-electron chi connectivity index (χ3n) is 3.73. The maximum absolute atomic E-state index is 11.2. The molecule has 1 saturated carbocycles. The lowest BCUT2D eigenvalue weighted by Gasteiger charge is -2.56. The number of carbonyl (C=O) groups is 2. The van der Waals surface area contributed by atoms with Crippen molar-refractivity contribution in [3.8, 4) is 0 Å². The van der Waals surface area contributed by atoms with Crippen LogP contribution in [0.2, 0.25) is 0 Å². The Hall–Kier alpha value is -1.10. The summed E-state index contributed by atoms with van der Waals surface area (Å²) in [6.45, 7) is 1.50. The van der Waals surface area contributed by atoms with Gasteiger partial charge in [0.1, 0.15) is 6.42 Å². The van der Waals surface area contributed by atoms with Crippen molar-refractivity contribution in [1.29, 1.82) is 0 Å². The first-order valence-electron chi connectivity index (χ1n) is 5.63. The van der Waals surface area contributed by atoms with E-state index in [-0.39, 0.29) is 11.8 Å². The fourth-order valence-corrected chi connectivity index (χ4v) is 3.02. The summed E-state index contributed by atoms with van der Waals surface area (Å²) >= 11 is 0. The van der Waals surface area contributed by atoms with Gasteiger partial charge in [-0.1, -0.05) is 0 Å². The second-order valence-corrected chi connectivity index (χ2v) is 5.00. The molecule has 2 aliphatic heterocycles. The smallest absolute Gasteiger partial charge is 0.320 e. The van der Waals surface area contributed by atoms with Crippen LogP contribution >= 0.6 is 0 Å². The molecule has 5 heteroatoms. The number of hydrogen-bond donors (Lipinski definition) is 0. The van der Waals surface area contributed by atoms with Crippen LogP contribution in [0.25, 0.3) is 0 Å². The molecule has 0 atom stereocenters. The maximum atomic E-state index is 11.2. The van der Waals surface area contributed by atoms with Gasteiger partial charge in [0.05, 0.1) is 0 Å². The molecule has 3 aliphatic rings. The monoisotopic (exact) mass is 226 g/mol. The highest BCUT2D eigenvalue weighted by atomic mass is 16.7. The van der Waals surface area contributed by atoms with E-state index in [1.54, 1.807) is 0 Å². The van der Waals surface area contributed by atoms with Gasteiger partial charge in [-0.15, -0.1) is 0 Å². The van der Waals surface area contributed by atoms with Gasteiger partial charge in [-0.3, -0.25) is 9.59 Å². The van der Waals surface area contributed by atoms with Crippen molar-refractivity contribution in [3.63, 3.8) is 0 Å². The normalized spacial score (nSPS) is 30.8. The van der Waals surface area contributed by atoms with Crippen LogP contribution in [-0.4, -0.2) is 30.9 Å². The fraction of sp³-hybridized carbons (Fsp3) is 0.818. The highest BCUT2D eigenvalue weighted by molar-refractivity contribution is 5.93. The average molecular weight is 226 g/mol. The Morgan fingerprint density at radius 2 is 1.50 bits per heavy atom. The van der Waals surface area contributed by atoms with Crippen molar-refractivity contribution in [2.75, 3.05) is 13.2 Å². The van der Waals surface area contributed by atoms with E-state index >= 15 is 0 Å². The zero-order valence-corrected chi connectivity index (χ0v) is 8.99. The first kappa shape index (κ1) is 10.1. The van der Waals surface area contributed by atoms with Gasteiger partial charge in [0, 0.05) is 26.1 Å². The summed E-state index contributed by atoms with van der Waals surface area (Å²) in [5.74, 6) is -1.86. The molecule has 2 spiro atoms. The van der Waals surface area contributed by atoms with Crippen molar-refractivity contribution in [2.45, 2.75) is 37.9 Å². The molecule has 2 heterocycles. The SMILES string of the molecule is O=C1CC(=O)OC2(CC3(CCOCC3)C2)O1. The molecule has 3 rings (SSSR count). The second kappa shape index (κ2) is 3.20. The van der Waals surface area contributed by atoms with Gasteiger partial charge in [0.2, 0.25) is 0 Å². The van der Waals surface area contributed by atoms with Crippen LogP contribution in [0.1, 0.15) is 32.1 Å². The zero-order valence-electron chi connectivity index (χ0n) is 8.99. The van der Waals surface area contributed by atoms with E-state index in [4.69, 9.17) is 14.2 Å². The summed E-state index contributed by atoms with van der Waals surface area (Å²) in [6.07, 6.45) is 2.95. The van der Waals surface area contributed by atoms with Gasteiger partial charge in [0.25, 0.3) is 5.79 Å². The maximum Gasteiger partial charge on any atom is 0.320 e. The first-order valence-corrected chi connectivity index (χ1v) is 5.63. The molecule has 0 amide bonds. The molecule has 0 aromatic rings. The molecule has 0 aromatic heterocycles. The average Bonchev–Trinajstić information content (AvgIpc) is 2.14. The summed E-state index contributed by atoms with van der Waals surface area (Å²) in [7, 11) is 0. The lowest BCUT2D eigenvalue weighted by Crippen LogP contribution is -2.60. The first-order chi connectivity index (χ1) is 7.62. The third kappa shape index (κ3) is 1.50. The molecule has 0 unspecified atom stereocenters. The fourth-order valence-electron chi connectivity index (χ4n) is 3.02. The van der Waals surface area contributed by atoms with Gasteiger partial charge in [-0.05, 0) is 18.3 Å². The molecular weight excluding hydrogens is 212 g/mol. The van der Waals surface area contributed by atoms with Crippen molar-refractivity contribution >= 4 is 11.9 Å². The Bertz CT molecular complexity index is 316. The van der Waals surface area contributed by atoms with Gasteiger partial charge in [-0.25, -0.2) is 0 Å². The Morgan fingerprint density at radius 3 is 2.06 bits per heavy atom. The van der Waals surface area contributed by atoms with Crippen LogP contribution in [0.4, 0.5) is 0 Å². The standard InChI is InChI=1S/C11H14O5/c12-8-5-9(13)16-11(15-8)6-10(7-11)1-3-14-4-2-10/h1-7H2. The zero-order chi connectivity index (χ0) is 11.2. The van der Waals surface area contributed by atoms with E-state index in [1.165, 1.54) is 0 Å². The molecule has 0 bridgehead atoms. The second-order valence-electron chi connectivity index (χ2n) is 5.00. The highest BCUT2D eigenvalue weighted by Gasteiger charge is 2.61. The molecule has 0 N–H and O–H groups in total. The van der Waals surface area contributed by atoms with Crippen LogP contribution in [0.3, 0.4) is 0 Å². The minimum absolute atomic E-state index is 0.163. The number of rotatable bonds is 0. The topological polar surface area (TPSA) is 61.8 Å². The van der Waals surface area contributed by atoms with Gasteiger partial charge < -0.3 is 14.2 Å². The van der Waals surface area contributed by atoms with Gasteiger partial charge >= 0.3 is 11.9 Å². The summed E-state index contributed by atoms with van der Waals surface area (Å²) in [5, 5.41) is 0. The van der Waals surface area contributed by atoms with E-state index in [0.29, 0.717) is 12.8 Å². The predicted molar refractivity (Wildman–Crippen MR) is 51.3 cm³/mol. The van der Waals surface area contributed by atoms with Crippen LogP contribution in [-0.2, 0) is 23.8 Å². The number of hydrogen-bond acceptors (Lipinski definition) is 5. The highest BCUT2D eigenvalue weighted by Crippen LogP contribution is 2.57. The van der Waals surface area contributed by atoms with E-state index in [0.717, 1.165) is 26.1 Å². The van der Waals surface area contributed by atoms with Crippen molar-refractivity contribution < 1.29 is 23.8 Å². The lowest BCUT2D eigenvalue weighted by molar-refractivity contribution is -0.308. The van der Waals surface area contributed by atoms with E-state index in [1.807, 2.05) is 0 Å². The minimum atomic E-state index is -0.941. The van der Waals surface area contributed by atoms with E-state index in [2.05, 4.69) is 0 Å². The summed E-state index contributed by atoms with van der Waals surface area (Å²) in [6, 6.07) is 0. The van der Waals surface area contributed by atoms with Crippen LogP contribution in [0.5, 0.6) is 0 Å². The lowest BCUT2D eigenvalue weighted by atomic mass is 9.60. The molecule has 0 aromatic carbocycles. The molecule has 3 fully saturated rings. The summed E-state index contributed by atoms with van der Waals surface area (Å²) < 4.78 is 15.7. The minimum Gasteiger partial charge on any atom is -0.422 e. The summed E-state index contributed by atoms with van der Waals surface area (Å²) in [5.41, 5.74) is 0.163. The van der Waals surface area contributed by atoms with Gasteiger partial charge in [0.15, 0.2) is 0 Å². The number of esters is 2. The largest absolute Gasteiger partial charge is 0.422 e. The molecule has 16 heavy (non-hydrogen) atoms. The third-order valence-corrected chi connectivity index (χ3v) is 3.73. The molecule has 2 saturated heterocycles. The van der Waals surface area contributed by atoms with Gasteiger partial charge in [-0.2, -0.15) is 0 Å². The molecule has 1 aliphatic carbocycles. The predicted octanol–water partition coefficient (Wildman–Crippen LogP) is 0.763.